The molecule has 0 saturated carbocycles. The number of nitrogens with zero attached hydrogens (tertiary/aromatic N) is 1. The number of hydrogen-bond acceptors (Lipinski definition) is 2. The molecule has 1 fully saturated rings. The number of primary amides is 1. The van der Waals surface area contributed by atoms with Crippen molar-refractivity contribution < 1.29 is 18.0 Å². The first-order valence-electron chi connectivity index (χ1n) is 4.47. The van der Waals surface area contributed by atoms with Crippen molar-refractivity contribution in [1.82, 2.24) is 4.90 Å². The summed E-state index contributed by atoms with van der Waals surface area (Å²) < 4.78 is 36.0. The quantitative estimate of drug-likeness (QED) is 0.730. The fourth-order valence-electron chi connectivity index (χ4n) is 1.68. The Labute approximate surface area is 80.0 Å². The van der Waals surface area contributed by atoms with Crippen molar-refractivity contribution >= 4 is 5.91 Å². The van der Waals surface area contributed by atoms with Crippen LogP contribution >= 0.6 is 0 Å². The summed E-state index contributed by atoms with van der Waals surface area (Å²) in [6, 6.07) is 0. The number of amides is 1. The third kappa shape index (κ3) is 3.53. The van der Waals surface area contributed by atoms with E-state index >= 15 is 0 Å². The van der Waals surface area contributed by atoms with E-state index < -0.39 is 24.5 Å². The van der Waals surface area contributed by atoms with Crippen LogP contribution in [0.4, 0.5) is 13.2 Å². The highest BCUT2D eigenvalue weighted by molar-refractivity contribution is 5.76. The molecular weight excluding hydrogens is 197 g/mol. The van der Waals surface area contributed by atoms with Gasteiger partial charge in [0.05, 0.1) is 12.5 Å². The van der Waals surface area contributed by atoms with Gasteiger partial charge in [0, 0.05) is 6.54 Å². The molecule has 1 aliphatic heterocycles. The minimum Gasteiger partial charge on any atom is -0.369 e. The molecule has 0 radical (unpaired) electrons. The van der Waals surface area contributed by atoms with Crippen molar-refractivity contribution in [2.45, 2.75) is 19.0 Å². The molecule has 1 atom stereocenters. The number of halogens is 3. The molecule has 2 N–H and O–H groups in total. The molecule has 0 aromatic carbocycles. The molecule has 0 aromatic rings. The van der Waals surface area contributed by atoms with Gasteiger partial charge in [-0.3, -0.25) is 9.69 Å². The molecule has 0 bridgehead atoms. The van der Waals surface area contributed by atoms with Crippen LogP contribution in [0.3, 0.4) is 0 Å². The van der Waals surface area contributed by atoms with E-state index in [1.807, 2.05) is 0 Å². The first kappa shape index (κ1) is 11.3. The molecule has 1 amide bonds. The van der Waals surface area contributed by atoms with Crippen LogP contribution in [0.5, 0.6) is 0 Å². The summed E-state index contributed by atoms with van der Waals surface area (Å²) in [5.41, 5.74) is 5.05. The Hall–Kier alpha value is -0.780. The molecule has 1 rings (SSSR count). The van der Waals surface area contributed by atoms with Gasteiger partial charge < -0.3 is 5.73 Å². The first-order chi connectivity index (χ1) is 6.38. The number of hydrogen-bond donors (Lipinski definition) is 1. The maximum absolute atomic E-state index is 12.0. The molecule has 1 heterocycles. The van der Waals surface area contributed by atoms with E-state index in [0.29, 0.717) is 19.4 Å². The number of carbonyl (C=O) groups is 1. The maximum Gasteiger partial charge on any atom is 0.401 e. The average molecular weight is 210 g/mol. The molecule has 0 unspecified atom stereocenters. The zero-order valence-corrected chi connectivity index (χ0v) is 7.68. The summed E-state index contributed by atoms with van der Waals surface area (Å²) in [7, 11) is 0. The Kier molecular flexibility index (Phi) is 3.36. The molecule has 0 spiro atoms. The predicted molar refractivity (Wildman–Crippen MR) is 44.4 cm³/mol. The van der Waals surface area contributed by atoms with E-state index in [0.717, 1.165) is 0 Å². The van der Waals surface area contributed by atoms with Crippen LogP contribution in [0.2, 0.25) is 0 Å². The van der Waals surface area contributed by atoms with E-state index in [2.05, 4.69) is 0 Å². The molecule has 3 nitrogen and oxygen atoms in total. The fourth-order valence-corrected chi connectivity index (χ4v) is 1.68. The number of rotatable bonds is 2. The van der Waals surface area contributed by atoms with Gasteiger partial charge in [0.15, 0.2) is 0 Å². The van der Waals surface area contributed by atoms with Gasteiger partial charge in [-0.05, 0) is 19.4 Å². The highest BCUT2D eigenvalue weighted by Gasteiger charge is 2.33. The van der Waals surface area contributed by atoms with Crippen molar-refractivity contribution in [3.05, 3.63) is 0 Å². The standard InChI is InChI=1S/C8H13F3N2O/c9-8(10,11)5-13-3-1-2-6(4-13)7(12)14/h6H,1-5H2,(H2,12,14)/t6-/m0/s1. The number of likely N-dealkylation sites (tertiary alicyclic amines) is 1. The molecule has 0 aliphatic carbocycles. The summed E-state index contributed by atoms with van der Waals surface area (Å²) in [5, 5.41) is 0. The second-order valence-electron chi connectivity index (χ2n) is 3.59. The summed E-state index contributed by atoms with van der Waals surface area (Å²) in [5.74, 6) is -0.928. The zero-order chi connectivity index (χ0) is 10.8. The van der Waals surface area contributed by atoms with Crippen LogP contribution in [-0.4, -0.2) is 36.6 Å². The number of alkyl halides is 3. The van der Waals surface area contributed by atoms with Crippen molar-refractivity contribution in [3.63, 3.8) is 0 Å². The second-order valence-corrected chi connectivity index (χ2v) is 3.59. The van der Waals surface area contributed by atoms with Gasteiger partial charge in [-0.25, -0.2) is 0 Å². The SMILES string of the molecule is NC(=O)[C@H]1CCCN(CC(F)(F)F)C1. The Bertz CT molecular complexity index is 217. The highest BCUT2D eigenvalue weighted by Crippen LogP contribution is 2.21. The summed E-state index contributed by atoms with van der Waals surface area (Å²) in [4.78, 5) is 12.0. The van der Waals surface area contributed by atoms with E-state index in [1.165, 1.54) is 4.90 Å². The summed E-state index contributed by atoms with van der Waals surface area (Å²) in [6.07, 6.45) is -2.99. The van der Waals surface area contributed by atoms with Gasteiger partial charge in [-0.2, -0.15) is 13.2 Å². The largest absolute Gasteiger partial charge is 0.401 e. The molecular formula is C8H13F3N2O. The molecule has 1 saturated heterocycles. The minimum atomic E-state index is -4.19. The van der Waals surface area contributed by atoms with Crippen LogP contribution < -0.4 is 5.73 Å². The van der Waals surface area contributed by atoms with Crippen molar-refractivity contribution in [3.8, 4) is 0 Å². The lowest BCUT2D eigenvalue weighted by atomic mass is 9.97. The van der Waals surface area contributed by atoms with Crippen molar-refractivity contribution in [2.24, 2.45) is 11.7 Å². The Morgan fingerprint density at radius 3 is 2.64 bits per heavy atom. The van der Waals surface area contributed by atoms with Gasteiger partial charge >= 0.3 is 6.18 Å². The van der Waals surface area contributed by atoms with Crippen molar-refractivity contribution in [2.75, 3.05) is 19.6 Å². The Morgan fingerprint density at radius 2 is 2.14 bits per heavy atom. The fraction of sp³-hybridized carbons (Fsp3) is 0.875. The van der Waals surface area contributed by atoms with E-state index in [1.54, 1.807) is 0 Å². The molecule has 6 heteroatoms. The van der Waals surface area contributed by atoms with Gasteiger partial charge in [0.1, 0.15) is 0 Å². The monoisotopic (exact) mass is 210 g/mol. The smallest absolute Gasteiger partial charge is 0.369 e. The Balaban J connectivity index is 2.44. The lowest BCUT2D eigenvalue weighted by Gasteiger charge is -2.31. The topological polar surface area (TPSA) is 46.3 Å². The first-order valence-corrected chi connectivity index (χ1v) is 4.47. The number of nitrogens with two attached hydrogens (primary N) is 1. The third-order valence-electron chi connectivity index (χ3n) is 2.31. The van der Waals surface area contributed by atoms with Crippen LogP contribution in [-0.2, 0) is 4.79 Å². The second kappa shape index (κ2) is 4.16. The predicted octanol–water partition coefficient (Wildman–Crippen LogP) is 0.746. The van der Waals surface area contributed by atoms with Crippen LogP contribution in [0, 0.1) is 5.92 Å². The number of carbonyl (C=O) groups excluding carboxylic acids is 1. The van der Waals surface area contributed by atoms with Gasteiger partial charge in [0.2, 0.25) is 5.91 Å². The summed E-state index contributed by atoms with van der Waals surface area (Å²) >= 11 is 0. The van der Waals surface area contributed by atoms with E-state index in [4.69, 9.17) is 5.73 Å². The molecule has 14 heavy (non-hydrogen) atoms. The highest BCUT2D eigenvalue weighted by atomic mass is 19.4. The number of piperidine rings is 1. The van der Waals surface area contributed by atoms with E-state index in [-0.39, 0.29) is 6.54 Å². The van der Waals surface area contributed by atoms with Crippen LogP contribution in [0.15, 0.2) is 0 Å². The van der Waals surface area contributed by atoms with Crippen LogP contribution in [0.25, 0.3) is 0 Å². The lowest BCUT2D eigenvalue weighted by Crippen LogP contribution is -2.44. The molecule has 82 valence electrons. The van der Waals surface area contributed by atoms with Gasteiger partial charge in [-0.15, -0.1) is 0 Å². The third-order valence-corrected chi connectivity index (χ3v) is 2.31. The maximum atomic E-state index is 12.0. The zero-order valence-electron chi connectivity index (χ0n) is 7.68. The molecule has 1 aliphatic rings. The van der Waals surface area contributed by atoms with E-state index in [9.17, 15) is 18.0 Å². The molecule has 0 aromatic heterocycles. The normalized spacial score (nSPS) is 24.9. The average Bonchev–Trinajstić information content (AvgIpc) is 2.01. The summed E-state index contributed by atoms with van der Waals surface area (Å²) in [6.45, 7) is -0.422. The van der Waals surface area contributed by atoms with Crippen molar-refractivity contribution in [1.29, 1.82) is 0 Å². The minimum absolute atomic E-state index is 0.134. The lowest BCUT2D eigenvalue weighted by molar-refractivity contribution is -0.151. The van der Waals surface area contributed by atoms with Crippen LogP contribution in [0.1, 0.15) is 12.8 Å². The van der Waals surface area contributed by atoms with Gasteiger partial charge in [0.25, 0.3) is 0 Å². The Morgan fingerprint density at radius 1 is 1.50 bits per heavy atom. The van der Waals surface area contributed by atoms with Gasteiger partial charge in [-0.1, -0.05) is 0 Å².